The molecule has 152 valence electrons. The number of fused-ring (bicyclic) bond motifs is 1. The van der Waals surface area contributed by atoms with Gasteiger partial charge in [0.1, 0.15) is 6.04 Å². The average Bonchev–Trinajstić information content (AvgIpc) is 3.36. The highest BCUT2D eigenvalue weighted by molar-refractivity contribution is 7.89. The van der Waals surface area contributed by atoms with Gasteiger partial charge in [0.2, 0.25) is 15.9 Å². The molecule has 0 spiro atoms. The Balaban J connectivity index is 1.62. The monoisotopic (exact) mass is 432 g/mol. The van der Waals surface area contributed by atoms with Crippen molar-refractivity contribution < 1.29 is 13.2 Å². The molecule has 1 amide bonds. The number of nitrogens with one attached hydrogen (secondary N) is 1. The van der Waals surface area contributed by atoms with Gasteiger partial charge in [0.15, 0.2) is 5.82 Å². The number of carbonyl (C=O) groups excluding carboxylic acids is 1. The van der Waals surface area contributed by atoms with Crippen molar-refractivity contribution in [1.29, 1.82) is 0 Å². The third-order valence-electron chi connectivity index (χ3n) is 4.99. The number of likely N-dealkylation sites (N-methyl/N-ethyl adjacent to an activating group) is 1. The van der Waals surface area contributed by atoms with Crippen LogP contribution in [0.5, 0.6) is 0 Å². The summed E-state index contributed by atoms with van der Waals surface area (Å²) in [6.45, 7) is 0.303. The number of sulfonamides is 1. The lowest BCUT2D eigenvalue weighted by Gasteiger charge is -2.27. The first-order chi connectivity index (χ1) is 13.9. The highest BCUT2D eigenvalue weighted by Gasteiger charge is 2.44. The number of benzene rings is 2. The Kier molecular flexibility index (Phi) is 5.28. The number of rotatable bonds is 5. The smallest absolute Gasteiger partial charge is 0.243 e. The lowest BCUT2D eigenvalue weighted by atomic mass is 10.1. The number of amides is 1. The minimum Gasteiger partial charge on any atom is -0.337 e. The molecule has 1 saturated heterocycles. The molecular formula is C18H20N6O3S2. The topological polar surface area (TPSA) is 112 Å². The number of thiol groups is 1. The van der Waals surface area contributed by atoms with Crippen molar-refractivity contribution in [2.45, 2.75) is 29.2 Å². The summed E-state index contributed by atoms with van der Waals surface area (Å²) in [6.07, 6.45) is 0.339. The molecule has 29 heavy (non-hydrogen) atoms. The minimum atomic E-state index is -3.87. The second kappa shape index (κ2) is 7.73. The van der Waals surface area contributed by atoms with Crippen LogP contribution in [0.25, 0.3) is 10.8 Å². The lowest BCUT2D eigenvalue weighted by molar-refractivity contribution is -0.133. The molecule has 11 heteroatoms. The number of aromatic amines is 1. The molecule has 3 aromatic rings. The van der Waals surface area contributed by atoms with Gasteiger partial charge in [0.05, 0.1) is 11.4 Å². The van der Waals surface area contributed by atoms with Crippen LogP contribution < -0.4 is 0 Å². The molecule has 0 aliphatic carbocycles. The van der Waals surface area contributed by atoms with E-state index in [0.29, 0.717) is 12.2 Å². The zero-order chi connectivity index (χ0) is 20.6. The Morgan fingerprint density at radius 2 is 2.03 bits per heavy atom. The summed E-state index contributed by atoms with van der Waals surface area (Å²) in [5.41, 5.74) is 0. The third-order valence-corrected chi connectivity index (χ3v) is 7.24. The van der Waals surface area contributed by atoms with Crippen molar-refractivity contribution in [3.8, 4) is 0 Å². The number of hydrogen-bond donors (Lipinski definition) is 2. The van der Waals surface area contributed by atoms with Gasteiger partial charge in [-0.2, -0.15) is 22.1 Å². The van der Waals surface area contributed by atoms with Crippen LogP contribution in [0.3, 0.4) is 0 Å². The van der Waals surface area contributed by atoms with Crippen molar-refractivity contribution in [2.24, 2.45) is 0 Å². The SMILES string of the molecule is CN(Cc1nn[nH]n1)C(=O)[C@@H]1C[C@@H](S)CN1S(=O)(=O)c1ccc2ccccc2c1. The van der Waals surface area contributed by atoms with Crippen LogP contribution in [0.4, 0.5) is 0 Å². The summed E-state index contributed by atoms with van der Waals surface area (Å²) in [6, 6.07) is 11.7. The van der Waals surface area contributed by atoms with Gasteiger partial charge in [0, 0.05) is 18.8 Å². The summed E-state index contributed by atoms with van der Waals surface area (Å²) in [4.78, 5) is 14.6. The summed E-state index contributed by atoms with van der Waals surface area (Å²) in [5, 5.41) is 15.0. The molecule has 2 aromatic carbocycles. The molecule has 2 heterocycles. The highest BCUT2D eigenvalue weighted by atomic mass is 32.2. The third kappa shape index (κ3) is 3.85. The Labute approximate surface area is 173 Å². The van der Waals surface area contributed by atoms with Crippen molar-refractivity contribution in [1.82, 2.24) is 29.8 Å². The summed E-state index contributed by atoms with van der Waals surface area (Å²) in [7, 11) is -2.28. The first-order valence-electron chi connectivity index (χ1n) is 9.02. The minimum absolute atomic E-state index is 0.132. The molecule has 1 fully saturated rings. The highest BCUT2D eigenvalue weighted by Crippen LogP contribution is 2.31. The van der Waals surface area contributed by atoms with Gasteiger partial charge < -0.3 is 4.90 Å². The van der Waals surface area contributed by atoms with Crippen molar-refractivity contribution in [3.63, 3.8) is 0 Å². The zero-order valence-electron chi connectivity index (χ0n) is 15.6. The van der Waals surface area contributed by atoms with E-state index in [-0.39, 0.29) is 29.1 Å². The van der Waals surface area contributed by atoms with E-state index in [0.717, 1.165) is 10.8 Å². The maximum atomic E-state index is 13.4. The molecule has 4 rings (SSSR count). The maximum absolute atomic E-state index is 13.4. The first-order valence-corrected chi connectivity index (χ1v) is 11.0. The van der Waals surface area contributed by atoms with Crippen LogP contribution in [0, 0.1) is 0 Å². The van der Waals surface area contributed by atoms with E-state index >= 15 is 0 Å². The average molecular weight is 433 g/mol. The second-order valence-corrected chi connectivity index (χ2v) is 9.63. The second-order valence-electron chi connectivity index (χ2n) is 7.01. The van der Waals surface area contributed by atoms with Gasteiger partial charge in [-0.1, -0.05) is 35.5 Å². The number of carbonyl (C=O) groups is 1. The molecule has 1 N–H and O–H groups in total. The summed E-state index contributed by atoms with van der Waals surface area (Å²) >= 11 is 4.45. The van der Waals surface area contributed by atoms with Gasteiger partial charge in [0.25, 0.3) is 0 Å². The van der Waals surface area contributed by atoms with E-state index in [1.165, 1.54) is 9.21 Å². The fourth-order valence-corrected chi connectivity index (χ4v) is 5.69. The predicted molar refractivity (Wildman–Crippen MR) is 110 cm³/mol. The van der Waals surface area contributed by atoms with E-state index in [1.807, 2.05) is 24.3 Å². The lowest BCUT2D eigenvalue weighted by Crippen LogP contribution is -2.46. The van der Waals surface area contributed by atoms with E-state index in [1.54, 1.807) is 25.2 Å². The number of nitrogens with zero attached hydrogens (tertiary/aromatic N) is 5. The fraction of sp³-hybridized carbons (Fsp3) is 0.333. The molecule has 1 aliphatic rings. The van der Waals surface area contributed by atoms with Crippen molar-refractivity contribution >= 4 is 39.3 Å². The Hall–Kier alpha value is -2.50. The molecule has 0 unspecified atom stereocenters. The molecular weight excluding hydrogens is 412 g/mol. The van der Waals surface area contributed by atoms with E-state index < -0.39 is 16.1 Å². The molecule has 0 radical (unpaired) electrons. The Morgan fingerprint density at radius 3 is 2.76 bits per heavy atom. The van der Waals surface area contributed by atoms with Gasteiger partial charge in [-0.3, -0.25) is 4.79 Å². The van der Waals surface area contributed by atoms with Gasteiger partial charge in [-0.05, 0) is 29.3 Å². The number of aromatic nitrogens is 4. The van der Waals surface area contributed by atoms with Gasteiger partial charge >= 0.3 is 0 Å². The first kappa shape index (κ1) is 19.8. The quantitative estimate of drug-likeness (QED) is 0.584. The van der Waals surface area contributed by atoms with Crippen LogP contribution in [-0.4, -0.2) is 69.0 Å². The van der Waals surface area contributed by atoms with E-state index in [4.69, 9.17) is 0 Å². The van der Waals surface area contributed by atoms with Crippen LogP contribution in [-0.2, 0) is 21.4 Å². The standard InChI is InChI=1S/C18H20N6O3S2/c1-23(11-17-19-21-22-20-17)18(25)16-9-14(28)10-24(16)29(26,27)15-7-6-12-4-2-3-5-13(12)8-15/h2-8,14,16,28H,9-11H2,1H3,(H,19,20,21,22)/t14-,16+/m1/s1. The van der Waals surface area contributed by atoms with Crippen molar-refractivity contribution in [3.05, 3.63) is 48.3 Å². The molecule has 0 bridgehead atoms. The normalized spacial score (nSPS) is 20.2. The molecule has 1 aromatic heterocycles. The van der Waals surface area contributed by atoms with Gasteiger partial charge in [-0.25, -0.2) is 8.42 Å². The largest absolute Gasteiger partial charge is 0.337 e. The summed E-state index contributed by atoms with van der Waals surface area (Å²) in [5.74, 6) is 0.0286. The molecule has 9 nitrogen and oxygen atoms in total. The fourth-order valence-electron chi connectivity index (χ4n) is 3.53. The van der Waals surface area contributed by atoms with Crippen LogP contribution in [0.1, 0.15) is 12.2 Å². The Bertz CT molecular complexity index is 1140. The van der Waals surface area contributed by atoms with E-state index in [2.05, 4.69) is 33.3 Å². The zero-order valence-corrected chi connectivity index (χ0v) is 17.3. The number of tetrazole rings is 1. The number of hydrogen-bond acceptors (Lipinski definition) is 7. The van der Waals surface area contributed by atoms with E-state index in [9.17, 15) is 13.2 Å². The molecule has 2 atom stereocenters. The molecule has 1 aliphatic heterocycles. The number of H-pyrrole nitrogens is 1. The molecule has 0 saturated carbocycles. The Morgan fingerprint density at radius 1 is 1.28 bits per heavy atom. The summed E-state index contributed by atoms with van der Waals surface area (Å²) < 4.78 is 28.0. The van der Waals surface area contributed by atoms with Crippen LogP contribution in [0.15, 0.2) is 47.4 Å². The maximum Gasteiger partial charge on any atom is 0.243 e. The van der Waals surface area contributed by atoms with Crippen LogP contribution >= 0.6 is 12.6 Å². The van der Waals surface area contributed by atoms with Crippen LogP contribution in [0.2, 0.25) is 0 Å². The predicted octanol–water partition coefficient (Wildman–Crippen LogP) is 1.07. The van der Waals surface area contributed by atoms with Crippen molar-refractivity contribution in [2.75, 3.05) is 13.6 Å². The van der Waals surface area contributed by atoms with Gasteiger partial charge in [-0.15, -0.1) is 10.2 Å².